The molecule has 0 rings (SSSR count). The van der Waals surface area contributed by atoms with E-state index < -0.39 is 12.0 Å². The van der Waals surface area contributed by atoms with Gasteiger partial charge in [-0.1, -0.05) is 12.2 Å². The number of hydrogen-bond donors (Lipinski definition) is 4. The van der Waals surface area contributed by atoms with Gasteiger partial charge in [-0.15, -0.1) is 0 Å². The second-order valence-corrected chi connectivity index (χ2v) is 3.82. The number of carboxylic acids is 1. The van der Waals surface area contributed by atoms with Gasteiger partial charge in [0, 0.05) is 13.1 Å². The van der Waals surface area contributed by atoms with Gasteiger partial charge in [0.25, 0.3) is 5.91 Å². The van der Waals surface area contributed by atoms with Crippen molar-refractivity contribution in [2.75, 3.05) is 13.1 Å². The van der Waals surface area contributed by atoms with Crippen molar-refractivity contribution < 1.29 is 14.7 Å². The van der Waals surface area contributed by atoms with Gasteiger partial charge in [-0.3, -0.25) is 9.59 Å². The number of carboxylic acid groups (broad SMARTS) is 1. The maximum atomic E-state index is 11.1. The zero-order valence-electron chi connectivity index (χ0n) is 8.94. The number of carbonyl (C=O) groups is 2. The van der Waals surface area contributed by atoms with E-state index in [4.69, 9.17) is 28.8 Å². The molecular formula is C9H17N3O3S. The van der Waals surface area contributed by atoms with Crippen LogP contribution < -0.4 is 16.8 Å². The predicted molar refractivity (Wildman–Crippen MR) is 64.1 cm³/mol. The van der Waals surface area contributed by atoms with E-state index in [2.05, 4.69) is 5.32 Å². The molecule has 0 aliphatic rings. The van der Waals surface area contributed by atoms with E-state index in [1.54, 1.807) is 0 Å². The Morgan fingerprint density at radius 1 is 1.38 bits per heavy atom. The van der Waals surface area contributed by atoms with Crippen LogP contribution in [0.15, 0.2) is 0 Å². The normalized spacial score (nSPS) is 11.9. The molecule has 0 aliphatic heterocycles. The average molecular weight is 247 g/mol. The van der Waals surface area contributed by atoms with Gasteiger partial charge in [-0.2, -0.15) is 0 Å². The van der Waals surface area contributed by atoms with Crippen LogP contribution in [0.5, 0.6) is 0 Å². The lowest BCUT2D eigenvalue weighted by atomic mass is 10.1. The van der Waals surface area contributed by atoms with E-state index in [0.29, 0.717) is 25.8 Å². The number of aliphatic carboxylic acids is 1. The molecule has 0 aliphatic carbocycles. The summed E-state index contributed by atoms with van der Waals surface area (Å²) in [6.45, 7) is 0.510. The van der Waals surface area contributed by atoms with Crippen LogP contribution in [0.1, 0.15) is 19.3 Å². The highest BCUT2D eigenvalue weighted by Gasteiger charge is 2.10. The van der Waals surface area contributed by atoms with Crippen LogP contribution in [0.3, 0.4) is 0 Å². The van der Waals surface area contributed by atoms with Crippen molar-refractivity contribution in [1.29, 1.82) is 0 Å². The molecule has 1 amide bonds. The third-order valence-electron chi connectivity index (χ3n) is 1.98. The minimum absolute atomic E-state index is 0.0606. The van der Waals surface area contributed by atoms with Gasteiger partial charge in [0.2, 0.25) is 0 Å². The third-order valence-corrected chi connectivity index (χ3v) is 2.34. The lowest BCUT2D eigenvalue weighted by molar-refractivity contribution is -0.138. The molecule has 1 atom stereocenters. The first-order valence-corrected chi connectivity index (χ1v) is 5.39. The highest BCUT2D eigenvalue weighted by molar-refractivity contribution is 7.82. The molecule has 6 N–H and O–H groups in total. The summed E-state index contributed by atoms with van der Waals surface area (Å²) in [6, 6.07) is -0.833. The zero-order valence-corrected chi connectivity index (χ0v) is 9.76. The van der Waals surface area contributed by atoms with Crippen molar-refractivity contribution >= 4 is 29.0 Å². The smallest absolute Gasteiger partial charge is 0.320 e. The summed E-state index contributed by atoms with van der Waals surface area (Å²) in [4.78, 5) is 21.7. The number of carbonyl (C=O) groups excluding carboxylic acids is 1. The first kappa shape index (κ1) is 14.9. The fraction of sp³-hybridized carbons (Fsp3) is 0.667. The van der Waals surface area contributed by atoms with Gasteiger partial charge in [0.1, 0.15) is 6.04 Å². The topological polar surface area (TPSA) is 118 Å². The van der Waals surface area contributed by atoms with Gasteiger partial charge in [0.15, 0.2) is 0 Å². The number of thiocarbonyl (C=S) groups is 1. The predicted octanol–water partition coefficient (Wildman–Crippen LogP) is -0.987. The SMILES string of the molecule is NCC(=S)C(=O)NCCCCC(N)C(=O)O. The Morgan fingerprint density at radius 2 is 2.00 bits per heavy atom. The van der Waals surface area contributed by atoms with Crippen LogP contribution in [-0.4, -0.2) is 41.0 Å². The lowest BCUT2D eigenvalue weighted by Gasteiger charge is -2.07. The second kappa shape index (κ2) is 8.14. The van der Waals surface area contributed by atoms with E-state index in [0.717, 1.165) is 0 Å². The first-order chi connectivity index (χ1) is 7.49. The van der Waals surface area contributed by atoms with Crippen LogP contribution >= 0.6 is 12.2 Å². The van der Waals surface area contributed by atoms with Crippen molar-refractivity contribution in [1.82, 2.24) is 5.32 Å². The maximum Gasteiger partial charge on any atom is 0.320 e. The van der Waals surface area contributed by atoms with Crippen molar-refractivity contribution in [3.05, 3.63) is 0 Å². The quantitative estimate of drug-likeness (QED) is 0.323. The van der Waals surface area contributed by atoms with E-state index >= 15 is 0 Å². The molecule has 7 heteroatoms. The molecule has 0 saturated heterocycles. The summed E-state index contributed by atoms with van der Waals surface area (Å²) < 4.78 is 0. The zero-order chi connectivity index (χ0) is 12.6. The Morgan fingerprint density at radius 3 is 2.50 bits per heavy atom. The third kappa shape index (κ3) is 6.44. The van der Waals surface area contributed by atoms with Gasteiger partial charge in [-0.05, 0) is 19.3 Å². The summed E-state index contributed by atoms with van der Waals surface area (Å²) in [7, 11) is 0. The number of unbranched alkanes of at least 4 members (excludes halogenated alkanes) is 1. The standard InChI is InChI=1S/C9H17N3O3S/c10-5-7(16)8(13)12-4-2-1-3-6(11)9(14)15/h6H,1-5,10-11H2,(H,12,13)(H,14,15). The molecular weight excluding hydrogens is 230 g/mol. The van der Waals surface area contributed by atoms with Crippen molar-refractivity contribution in [3.63, 3.8) is 0 Å². The molecule has 0 bridgehead atoms. The highest BCUT2D eigenvalue weighted by Crippen LogP contribution is 1.98. The van der Waals surface area contributed by atoms with E-state index in [-0.39, 0.29) is 17.3 Å². The Hall–Kier alpha value is -1.05. The summed E-state index contributed by atoms with van der Waals surface area (Å²) >= 11 is 4.70. The Labute approximate surface area is 99.4 Å². The van der Waals surface area contributed by atoms with Crippen LogP contribution in [0, 0.1) is 0 Å². The van der Waals surface area contributed by atoms with Gasteiger partial charge in [-0.25, -0.2) is 0 Å². The van der Waals surface area contributed by atoms with E-state index in [9.17, 15) is 9.59 Å². The fourth-order valence-corrected chi connectivity index (χ4v) is 1.08. The van der Waals surface area contributed by atoms with Crippen molar-refractivity contribution in [2.45, 2.75) is 25.3 Å². The second-order valence-electron chi connectivity index (χ2n) is 3.32. The van der Waals surface area contributed by atoms with Crippen LogP contribution in [0.2, 0.25) is 0 Å². The largest absolute Gasteiger partial charge is 0.480 e. The molecule has 0 heterocycles. The van der Waals surface area contributed by atoms with E-state index in [1.165, 1.54) is 0 Å². The Kier molecular flexibility index (Phi) is 7.61. The first-order valence-electron chi connectivity index (χ1n) is 4.98. The fourth-order valence-electron chi connectivity index (χ4n) is 1.01. The van der Waals surface area contributed by atoms with Crippen LogP contribution in [0.25, 0.3) is 0 Å². The lowest BCUT2D eigenvalue weighted by Crippen LogP contribution is -2.35. The van der Waals surface area contributed by atoms with Crippen LogP contribution in [0.4, 0.5) is 0 Å². The molecule has 0 aromatic rings. The minimum atomic E-state index is -1.01. The molecule has 0 fully saturated rings. The molecule has 92 valence electrons. The summed E-state index contributed by atoms with van der Waals surface area (Å²) in [6.07, 6.45) is 1.70. The molecule has 1 unspecified atom stereocenters. The number of amides is 1. The molecule has 0 saturated carbocycles. The summed E-state index contributed by atoms with van der Waals surface area (Å²) in [5.74, 6) is -1.34. The number of nitrogens with one attached hydrogen (secondary N) is 1. The molecule has 0 spiro atoms. The number of nitrogens with two attached hydrogens (primary N) is 2. The number of hydrogen-bond acceptors (Lipinski definition) is 5. The van der Waals surface area contributed by atoms with Gasteiger partial charge in [0.05, 0.1) is 4.86 Å². The average Bonchev–Trinajstić information content (AvgIpc) is 2.26. The maximum absolute atomic E-state index is 11.1. The summed E-state index contributed by atoms with van der Waals surface area (Å²) in [5, 5.41) is 11.1. The highest BCUT2D eigenvalue weighted by atomic mass is 32.1. The molecule has 0 radical (unpaired) electrons. The Balaban J connectivity index is 3.51. The van der Waals surface area contributed by atoms with Gasteiger partial charge < -0.3 is 21.9 Å². The summed E-state index contributed by atoms with van der Waals surface area (Å²) in [5.41, 5.74) is 10.5. The van der Waals surface area contributed by atoms with Gasteiger partial charge >= 0.3 is 5.97 Å². The number of rotatable bonds is 8. The molecule has 6 nitrogen and oxygen atoms in total. The van der Waals surface area contributed by atoms with E-state index in [1.807, 2.05) is 0 Å². The van der Waals surface area contributed by atoms with Crippen molar-refractivity contribution in [3.8, 4) is 0 Å². The molecule has 0 aromatic heterocycles. The monoisotopic (exact) mass is 247 g/mol. The van der Waals surface area contributed by atoms with Crippen molar-refractivity contribution in [2.24, 2.45) is 11.5 Å². The Bertz CT molecular complexity index is 271. The van der Waals surface area contributed by atoms with Crippen LogP contribution in [-0.2, 0) is 9.59 Å². The minimum Gasteiger partial charge on any atom is -0.480 e. The molecule has 0 aromatic carbocycles. The molecule has 16 heavy (non-hydrogen) atoms.